The van der Waals surface area contributed by atoms with Gasteiger partial charge in [-0.05, 0) is 49.2 Å². The molecule has 0 radical (unpaired) electrons. The van der Waals surface area contributed by atoms with Gasteiger partial charge in [-0.15, -0.1) is 5.10 Å². The van der Waals surface area contributed by atoms with Gasteiger partial charge in [-0.1, -0.05) is 34.1 Å². The normalized spacial score (nSPS) is 10.7. The molecular weight excluding hydrogens is 387 g/mol. The van der Waals surface area contributed by atoms with Crippen LogP contribution in [0.3, 0.4) is 0 Å². The third kappa shape index (κ3) is 4.11. The van der Waals surface area contributed by atoms with E-state index in [2.05, 4.69) is 31.3 Å². The first kappa shape index (κ1) is 17.3. The van der Waals surface area contributed by atoms with Crippen molar-refractivity contribution in [2.45, 2.75) is 13.3 Å². The summed E-state index contributed by atoms with van der Waals surface area (Å²) < 4.78 is 15.6. The predicted molar refractivity (Wildman–Crippen MR) is 96.2 cm³/mol. The highest BCUT2D eigenvalue weighted by Gasteiger charge is 2.15. The Labute approximate surface area is 153 Å². The zero-order valence-electron chi connectivity index (χ0n) is 13.5. The second-order valence-electron chi connectivity index (χ2n) is 5.47. The Bertz CT molecular complexity index is 892. The third-order valence-electron chi connectivity index (χ3n) is 3.68. The molecule has 1 amide bonds. The Morgan fingerprint density at radius 2 is 1.92 bits per heavy atom. The van der Waals surface area contributed by atoms with Gasteiger partial charge in [0.05, 0.1) is 5.69 Å². The van der Waals surface area contributed by atoms with Crippen LogP contribution in [0.25, 0.3) is 5.69 Å². The molecule has 0 unspecified atom stereocenters. The van der Waals surface area contributed by atoms with Crippen molar-refractivity contribution in [2.75, 3.05) is 6.54 Å². The van der Waals surface area contributed by atoms with Crippen LogP contribution in [-0.2, 0) is 6.42 Å². The first-order chi connectivity index (χ1) is 12.0. The van der Waals surface area contributed by atoms with E-state index in [0.29, 0.717) is 24.5 Å². The zero-order chi connectivity index (χ0) is 17.8. The summed E-state index contributed by atoms with van der Waals surface area (Å²) in [7, 11) is 0. The standard InChI is InChI=1S/C18H16BrFN4O/c1-12-22-17(23-24(12)15-8-6-14(20)7-9-15)18(25)21-11-10-13-4-2-3-5-16(13)19/h2-9H,10-11H2,1H3,(H,21,25). The minimum Gasteiger partial charge on any atom is -0.349 e. The second-order valence-corrected chi connectivity index (χ2v) is 6.32. The molecule has 0 aliphatic carbocycles. The minimum atomic E-state index is -0.337. The van der Waals surface area contributed by atoms with E-state index < -0.39 is 0 Å². The summed E-state index contributed by atoms with van der Waals surface area (Å²) in [6.07, 6.45) is 0.699. The highest BCUT2D eigenvalue weighted by Crippen LogP contribution is 2.16. The van der Waals surface area contributed by atoms with Crippen LogP contribution >= 0.6 is 15.9 Å². The van der Waals surface area contributed by atoms with Gasteiger partial charge in [0.2, 0.25) is 5.82 Å². The molecule has 128 valence electrons. The lowest BCUT2D eigenvalue weighted by atomic mass is 10.1. The maximum atomic E-state index is 13.0. The molecule has 0 aliphatic rings. The molecule has 0 bridgehead atoms. The predicted octanol–water partition coefficient (Wildman–Crippen LogP) is 3.45. The molecule has 0 spiro atoms. The number of hydrogen-bond acceptors (Lipinski definition) is 3. The van der Waals surface area contributed by atoms with Crippen LogP contribution in [0.15, 0.2) is 53.0 Å². The first-order valence-electron chi connectivity index (χ1n) is 7.76. The molecule has 1 heterocycles. The number of nitrogens with one attached hydrogen (secondary N) is 1. The lowest BCUT2D eigenvalue weighted by molar-refractivity contribution is 0.0944. The van der Waals surface area contributed by atoms with E-state index in [1.54, 1.807) is 19.1 Å². The van der Waals surface area contributed by atoms with E-state index in [9.17, 15) is 9.18 Å². The smallest absolute Gasteiger partial charge is 0.290 e. The van der Waals surface area contributed by atoms with Crippen LogP contribution < -0.4 is 5.32 Å². The van der Waals surface area contributed by atoms with Gasteiger partial charge in [-0.25, -0.2) is 14.1 Å². The van der Waals surface area contributed by atoms with Crippen LogP contribution in [0.2, 0.25) is 0 Å². The van der Waals surface area contributed by atoms with Gasteiger partial charge in [0.25, 0.3) is 5.91 Å². The number of carbonyl (C=O) groups is 1. The fourth-order valence-corrected chi connectivity index (χ4v) is 2.89. The molecule has 0 aliphatic heterocycles. The topological polar surface area (TPSA) is 59.8 Å². The summed E-state index contributed by atoms with van der Waals surface area (Å²) in [6, 6.07) is 13.7. The van der Waals surface area contributed by atoms with Crippen molar-refractivity contribution in [3.05, 3.63) is 76.0 Å². The maximum absolute atomic E-state index is 13.0. The van der Waals surface area contributed by atoms with E-state index in [1.807, 2.05) is 24.3 Å². The molecule has 0 atom stereocenters. The Morgan fingerprint density at radius 3 is 2.64 bits per heavy atom. The molecule has 7 heteroatoms. The number of halogens is 2. The van der Waals surface area contributed by atoms with Crippen LogP contribution in [0.4, 0.5) is 4.39 Å². The molecule has 0 saturated carbocycles. The van der Waals surface area contributed by atoms with Crippen molar-refractivity contribution in [1.29, 1.82) is 0 Å². The summed E-state index contributed by atoms with van der Waals surface area (Å²) in [5.41, 5.74) is 1.77. The lowest BCUT2D eigenvalue weighted by Gasteiger charge is -2.05. The van der Waals surface area contributed by atoms with Crippen molar-refractivity contribution in [2.24, 2.45) is 0 Å². The largest absolute Gasteiger partial charge is 0.349 e. The third-order valence-corrected chi connectivity index (χ3v) is 4.45. The average molecular weight is 403 g/mol. The molecule has 0 fully saturated rings. The Hall–Kier alpha value is -2.54. The van der Waals surface area contributed by atoms with Gasteiger partial charge in [0, 0.05) is 11.0 Å². The molecule has 5 nitrogen and oxygen atoms in total. The van der Waals surface area contributed by atoms with Gasteiger partial charge in [0.15, 0.2) is 0 Å². The van der Waals surface area contributed by atoms with Crippen molar-refractivity contribution >= 4 is 21.8 Å². The minimum absolute atomic E-state index is 0.0916. The van der Waals surface area contributed by atoms with E-state index in [-0.39, 0.29) is 17.5 Å². The summed E-state index contributed by atoms with van der Waals surface area (Å²) in [6.45, 7) is 2.22. The van der Waals surface area contributed by atoms with Crippen LogP contribution in [0, 0.1) is 12.7 Å². The quantitative estimate of drug-likeness (QED) is 0.710. The highest BCUT2D eigenvalue weighted by atomic mass is 79.9. The summed E-state index contributed by atoms with van der Waals surface area (Å²) in [5.74, 6) is -0.0147. The number of benzene rings is 2. The van der Waals surface area contributed by atoms with Crippen molar-refractivity contribution in [1.82, 2.24) is 20.1 Å². The first-order valence-corrected chi connectivity index (χ1v) is 8.55. The molecule has 1 aromatic heterocycles. The fraction of sp³-hybridized carbons (Fsp3) is 0.167. The van der Waals surface area contributed by atoms with Crippen molar-refractivity contribution < 1.29 is 9.18 Å². The van der Waals surface area contributed by atoms with Crippen molar-refractivity contribution in [3.63, 3.8) is 0 Å². The number of rotatable bonds is 5. The van der Waals surface area contributed by atoms with E-state index >= 15 is 0 Å². The SMILES string of the molecule is Cc1nc(C(=O)NCCc2ccccc2Br)nn1-c1ccc(F)cc1. The van der Waals surface area contributed by atoms with Crippen LogP contribution in [0.5, 0.6) is 0 Å². The molecule has 0 saturated heterocycles. The lowest BCUT2D eigenvalue weighted by Crippen LogP contribution is -2.27. The molecule has 1 N–H and O–H groups in total. The summed E-state index contributed by atoms with van der Waals surface area (Å²) in [4.78, 5) is 16.4. The molecule has 25 heavy (non-hydrogen) atoms. The molecular formula is C18H16BrFN4O. The Balaban J connectivity index is 1.66. The molecule has 2 aromatic carbocycles. The number of nitrogens with zero attached hydrogens (tertiary/aromatic N) is 3. The second kappa shape index (κ2) is 7.57. The van der Waals surface area contributed by atoms with Crippen LogP contribution in [0.1, 0.15) is 22.0 Å². The maximum Gasteiger partial charge on any atom is 0.290 e. The highest BCUT2D eigenvalue weighted by molar-refractivity contribution is 9.10. The van der Waals surface area contributed by atoms with Gasteiger partial charge < -0.3 is 5.32 Å². The Kier molecular flexibility index (Phi) is 5.23. The zero-order valence-corrected chi connectivity index (χ0v) is 15.1. The number of carbonyl (C=O) groups excluding carboxylic acids is 1. The van der Waals surface area contributed by atoms with Gasteiger partial charge in [0.1, 0.15) is 11.6 Å². The number of aryl methyl sites for hydroxylation is 1. The average Bonchev–Trinajstić information content (AvgIpc) is 2.99. The fourth-order valence-electron chi connectivity index (χ4n) is 2.40. The molecule has 3 rings (SSSR count). The van der Waals surface area contributed by atoms with Crippen molar-refractivity contribution in [3.8, 4) is 5.69 Å². The number of aromatic nitrogens is 3. The van der Waals surface area contributed by atoms with Crippen LogP contribution in [-0.4, -0.2) is 27.2 Å². The van der Waals surface area contributed by atoms with Gasteiger partial charge in [-0.2, -0.15) is 0 Å². The summed E-state index contributed by atoms with van der Waals surface area (Å²) >= 11 is 3.48. The number of amides is 1. The van der Waals surface area contributed by atoms with E-state index in [0.717, 1.165) is 10.0 Å². The van der Waals surface area contributed by atoms with Gasteiger partial charge >= 0.3 is 0 Å². The van der Waals surface area contributed by atoms with E-state index in [1.165, 1.54) is 16.8 Å². The van der Waals surface area contributed by atoms with E-state index in [4.69, 9.17) is 0 Å². The molecule has 3 aromatic rings. The Morgan fingerprint density at radius 1 is 1.20 bits per heavy atom. The monoisotopic (exact) mass is 402 g/mol. The summed E-state index contributed by atoms with van der Waals surface area (Å²) in [5, 5.41) is 7.03. The number of hydrogen-bond donors (Lipinski definition) is 1. The van der Waals surface area contributed by atoms with Gasteiger partial charge in [-0.3, -0.25) is 4.79 Å².